The summed E-state index contributed by atoms with van der Waals surface area (Å²) >= 11 is 1.16. The fourth-order valence-corrected chi connectivity index (χ4v) is 6.18. The largest absolute Gasteiger partial charge is 0.312 e. The van der Waals surface area contributed by atoms with Crippen LogP contribution in [0.15, 0.2) is 65.0 Å². The summed E-state index contributed by atoms with van der Waals surface area (Å²) in [5.41, 5.74) is 0.898. The maximum atomic E-state index is 12.9. The molecular formula is C23H26N4O5S2. The molecule has 0 fully saturated rings. The van der Waals surface area contributed by atoms with Crippen molar-refractivity contribution in [1.82, 2.24) is 8.87 Å². The van der Waals surface area contributed by atoms with Gasteiger partial charge < -0.3 is 4.57 Å². The van der Waals surface area contributed by atoms with Crippen LogP contribution in [0, 0.1) is 10.1 Å². The minimum Gasteiger partial charge on any atom is -0.312 e. The number of allylic oxidation sites excluding steroid dienone is 1. The van der Waals surface area contributed by atoms with Gasteiger partial charge in [0.05, 0.1) is 20.0 Å². The first-order chi connectivity index (χ1) is 16.2. The van der Waals surface area contributed by atoms with Gasteiger partial charge in [-0.2, -0.15) is 9.30 Å². The summed E-state index contributed by atoms with van der Waals surface area (Å²) in [4.78, 5) is 28.2. The van der Waals surface area contributed by atoms with Crippen LogP contribution in [0.2, 0.25) is 0 Å². The van der Waals surface area contributed by atoms with Gasteiger partial charge in [0.1, 0.15) is 0 Å². The third-order valence-electron chi connectivity index (χ3n) is 5.07. The van der Waals surface area contributed by atoms with Crippen LogP contribution in [-0.4, -0.2) is 41.2 Å². The second kappa shape index (κ2) is 10.9. The molecule has 9 nitrogen and oxygen atoms in total. The molecule has 2 aromatic carbocycles. The van der Waals surface area contributed by atoms with Crippen LogP contribution < -0.4 is 4.80 Å². The van der Waals surface area contributed by atoms with Gasteiger partial charge in [0.25, 0.3) is 11.6 Å². The topological polar surface area (TPSA) is 115 Å². The summed E-state index contributed by atoms with van der Waals surface area (Å²) in [6, 6.07) is 10.2. The first-order valence-electron chi connectivity index (χ1n) is 10.8. The minimum atomic E-state index is -3.65. The molecule has 3 rings (SSSR count). The Hall–Kier alpha value is -3.15. The average molecular weight is 503 g/mol. The van der Waals surface area contributed by atoms with Crippen LogP contribution in [0.25, 0.3) is 10.2 Å². The normalized spacial score (nSPS) is 12.4. The van der Waals surface area contributed by atoms with Gasteiger partial charge in [-0.1, -0.05) is 31.3 Å². The second-order valence-electron chi connectivity index (χ2n) is 7.54. The average Bonchev–Trinajstić information content (AvgIpc) is 3.15. The molecule has 0 unspecified atom stereocenters. The van der Waals surface area contributed by atoms with Gasteiger partial charge in [0.2, 0.25) is 10.0 Å². The van der Waals surface area contributed by atoms with Gasteiger partial charge >= 0.3 is 0 Å². The summed E-state index contributed by atoms with van der Waals surface area (Å²) in [6.45, 7) is 8.80. The van der Waals surface area contributed by atoms with Gasteiger partial charge in [-0.15, -0.1) is 6.58 Å². The lowest BCUT2D eigenvalue weighted by atomic mass is 10.2. The molecule has 3 aromatic rings. The van der Waals surface area contributed by atoms with Crippen molar-refractivity contribution in [3.05, 3.63) is 75.6 Å². The molecule has 0 aliphatic rings. The van der Waals surface area contributed by atoms with E-state index in [-0.39, 0.29) is 16.1 Å². The zero-order valence-corrected chi connectivity index (χ0v) is 20.6. The number of nitro benzene ring substituents is 1. The summed E-state index contributed by atoms with van der Waals surface area (Å²) in [5, 5.41) is 11.1. The number of amides is 1. The van der Waals surface area contributed by atoms with E-state index in [0.717, 1.165) is 11.3 Å². The van der Waals surface area contributed by atoms with Crippen molar-refractivity contribution in [3.63, 3.8) is 0 Å². The zero-order valence-electron chi connectivity index (χ0n) is 19.0. The molecule has 0 bridgehead atoms. The van der Waals surface area contributed by atoms with Crippen molar-refractivity contribution >= 4 is 43.2 Å². The van der Waals surface area contributed by atoms with Gasteiger partial charge in [-0.3, -0.25) is 14.9 Å². The van der Waals surface area contributed by atoms with E-state index in [9.17, 15) is 23.3 Å². The molecule has 180 valence electrons. The highest BCUT2D eigenvalue weighted by molar-refractivity contribution is 7.89. The Morgan fingerprint density at radius 1 is 1.18 bits per heavy atom. The van der Waals surface area contributed by atoms with Gasteiger partial charge in [0, 0.05) is 37.3 Å². The van der Waals surface area contributed by atoms with E-state index in [1.165, 1.54) is 40.7 Å². The summed E-state index contributed by atoms with van der Waals surface area (Å²) < 4.78 is 29.7. The molecule has 0 spiro atoms. The van der Waals surface area contributed by atoms with E-state index >= 15 is 0 Å². The molecule has 0 radical (unpaired) electrons. The van der Waals surface area contributed by atoms with E-state index in [1.807, 2.05) is 13.8 Å². The molecular weight excluding hydrogens is 476 g/mol. The van der Waals surface area contributed by atoms with Crippen molar-refractivity contribution in [2.75, 3.05) is 13.1 Å². The number of hydrogen-bond donors (Lipinski definition) is 0. The van der Waals surface area contributed by atoms with Crippen LogP contribution in [0.4, 0.5) is 5.69 Å². The molecule has 34 heavy (non-hydrogen) atoms. The highest BCUT2D eigenvalue weighted by Crippen LogP contribution is 2.23. The highest BCUT2D eigenvalue weighted by Gasteiger charge is 2.23. The number of hydrogen-bond acceptors (Lipinski definition) is 6. The van der Waals surface area contributed by atoms with E-state index in [0.29, 0.717) is 47.5 Å². The number of non-ortho nitro benzene ring substituents is 1. The van der Waals surface area contributed by atoms with Crippen LogP contribution in [0.5, 0.6) is 0 Å². The molecule has 0 atom stereocenters. The number of carbonyl (C=O) groups is 1. The Morgan fingerprint density at radius 3 is 2.38 bits per heavy atom. The summed E-state index contributed by atoms with van der Waals surface area (Å²) in [6.07, 6.45) is 3.06. The minimum absolute atomic E-state index is 0.0469. The lowest BCUT2D eigenvalue weighted by molar-refractivity contribution is -0.384. The van der Waals surface area contributed by atoms with Crippen LogP contribution in [-0.2, 0) is 16.6 Å². The molecule has 11 heteroatoms. The van der Waals surface area contributed by atoms with Crippen molar-refractivity contribution in [3.8, 4) is 0 Å². The number of rotatable bonds is 10. The van der Waals surface area contributed by atoms with Crippen molar-refractivity contribution in [2.45, 2.75) is 38.1 Å². The number of thiazole rings is 1. The zero-order chi connectivity index (χ0) is 24.9. The number of sulfonamides is 1. The third-order valence-corrected chi connectivity index (χ3v) is 8.03. The number of nitro groups is 1. The Morgan fingerprint density at radius 2 is 1.82 bits per heavy atom. The quantitative estimate of drug-likeness (QED) is 0.232. The molecule has 0 aliphatic carbocycles. The Balaban J connectivity index is 1.97. The second-order valence-corrected chi connectivity index (χ2v) is 10.5. The number of aromatic nitrogens is 1. The van der Waals surface area contributed by atoms with Gasteiger partial charge in [-0.05, 0) is 43.2 Å². The first-order valence-corrected chi connectivity index (χ1v) is 13.1. The molecule has 1 amide bonds. The molecule has 1 heterocycles. The molecule has 1 aromatic heterocycles. The number of benzene rings is 2. The predicted octanol–water partition coefficient (Wildman–Crippen LogP) is 4.35. The van der Waals surface area contributed by atoms with Crippen LogP contribution >= 0.6 is 11.3 Å². The van der Waals surface area contributed by atoms with Gasteiger partial charge in [-0.25, -0.2) is 8.42 Å². The van der Waals surface area contributed by atoms with E-state index in [2.05, 4.69) is 11.6 Å². The summed E-state index contributed by atoms with van der Waals surface area (Å²) in [5.74, 6) is -0.540. The van der Waals surface area contributed by atoms with E-state index in [1.54, 1.807) is 16.7 Å². The maximum Gasteiger partial charge on any atom is 0.279 e. The lowest BCUT2D eigenvalue weighted by Crippen LogP contribution is -2.32. The first kappa shape index (κ1) is 25.5. The Labute approximate surface area is 201 Å². The number of carbonyl (C=O) groups excluding carboxylic acids is 1. The lowest BCUT2D eigenvalue weighted by Gasteiger charge is -2.21. The summed E-state index contributed by atoms with van der Waals surface area (Å²) in [7, 11) is -3.65. The molecule has 0 saturated heterocycles. The third kappa shape index (κ3) is 5.32. The van der Waals surface area contributed by atoms with Crippen LogP contribution in [0.3, 0.4) is 0 Å². The van der Waals surface area contributed by atoms with Crippen LogP contribution in [0.1, 0.15) is 37.0 Å². The maximum absolute atomic E-state index is 12.9. The van der Waals surface area contributed by atoms with Gasteiger partial charge in [0.15, 0.2) is 4.80 Å². The van der Waals surface area contributed by atoms with Crippen molar-refractivity contribution in [2.24, 2.45) is 4.99 Å². The van der Waals surface area contributed by atoms with Crippen molar-refractivity contribution < 1.29 is 18.1 Å². The predicted molar refractivity (Wildman–Crippen MR) is 132 cm³/mol. The van der Waals surface area contributed by atoms with Crippen molar-refractivity contribution in [1.29, 1.82) is 0 Å². The monoisotopic (exact) mass is 502 g/mol. The molecule has 0 aliphatic heterocycles. The molecule has 0 saturated carbocycles. The fraction of sp³-hybridized carbons (Fsp3) is 0.304. The Bertz CT molecular complexity index is 1380. The van der Waals surface area contributed by atoms with E-state index < -0.39 is 20.9 Å². The van der Waals surface area contributed by atoms with E-state index in [4.69, 9.17) is 0 Å². The fourth-order valence-electron chi connectivity index (χ4n) is 3.49. The Kier molecular flexibility index (Phi) is 8.13. The standard InChI is InChI=1S/C23H26N4O5S2/c1-4-13-25(14-5-2)34(31,32)19-10-7-17(8-11-19)22(28)24-23-26(15-6-3)20-12-9-18(27(29)30)16-21(20)33-23/h6-12,16H,3-5,13-15H2,1-2H3. The highest BCUT2D eigenvalue weighted by atomic mass is 32.2. The smallest absolute Gasteiger partial charge is 0.279 e. The number of fused-ring (bicyclic) bond motifs is 1. The molecule has 0 N–H and O–H groups in total. The SMILES string of the molecule is C=CCn1c(=NC(=O)c2ccc(S(=O)(=O)N(CCC)CCC)cc2)sc2cc([N+](=O)[O-])ccc21. The number of nitrogens with zero attached hydrogens (tertiary/aromatic N) is 4.